The molecule has 1 amide bonds. The molecular formula is C18H23NO2. The number of carbonyl (C=O) groups is 1. The van der Waals surface area contributed by atoms with Gasteiger partial charge in [0.1, 0.15) is 0 Å². The van der Waals surface area contributed by atoms with Gasteiger partial charge in [-0.2, -0.15) is 0 Å². The number of aliphatic hydroxyl groups excluding tert-OH is 1. The van der Waals surface area contributed by atoms with Crippen molar-refractivity contribution in [1.29, 1.82) is 0 Å². The van der Waals surface area contributed by atoms with Gasteiger partial charge in [-0.05, 0) is 37.0 Å². The van der Waals surface area contributed by atoms with Crippen molar-refractivity contribution in [3.8, 4) is 11.8 Å². The Morgan fingerprint density at radius 3 is 2.90 bits per heavy atom. The predicted molar refractivity (Wildman–Crippen MR) is 84.1 cm³/mol. The van der Waals surface area contributed by atoms with E-state index in [0.29, 0.717) is 12.0 Å². The molecule has 1 aliphatic carbocycles. The van der Waals surface area contributed by atoms with E-state index in [2.05, 4.69) is 17.2 Å². The summed E-state index contributed by atoms with van der Waals surface area (Å²) in [6, 6.07) is 5.66. The molecule has 0 atom stereocenters. The van der Waals surface area contributed by atoms with E-state index in [1.54, 1.807) is 0 Å². The molecule has 0 radical (unpaired) electrons. The molecule has 0 unspecified atom stereocenters. The van der Waals surface area contributed by atoms with Crippen molar-refractivity contribution >= 4 is 5.91 Å². The largest absolute Gasteiger partial charge is 0.395 e. The van der Waals surface area contributed by atoms with Gasteiger partial charge in [-0.3, -0.25) is 4.79 Å². The third kappa shape index (κ3) is 4.61. The molecule has 1 aromatic carbocycles. The van der Waals surface area contributed by atoms with Gasteiger partial charge in [0.25, 0.3) is 5.91 Å². The zero-order valence-corrected chi connectivity index (χ0v) is 12.6. The number of rotatable bonds is 5. The van der Waals surface area contributed by atoms with E-state index in [-0.39, 0.29) is 12.5 Å². The Kier molecular flexibility index (Phi) is 5.83. The van der Waals surface area contributed by atoms with Crippen LogP contribution in [0.25, 0.3) is 0 Å². The molecule has 0 saturated heterocycles. The van der Waals surface area contributed by atoms with Crippen LogP contribution < -0.4 is 5.32 Å². The van der Waals surface area contributed by atoms with Gasteiger partial charge in [0.15, 0.2) is 0 Å². The average molecular weight is 285 g/mol. The number of hydrogen-bond acceptors (Lipinski definition) is 2. The fourth-order valence-electron chi connectivity index (χ4n) is 2.43. The quantitative estimate of drug-likeness (QED) is 0.817. The van der Waals surface area contributed by atoms with Crippen molar-refractivity contribution in [3.63, 3.8) is 0 Å². The zero-order valence-electron chi connectivity index (χ0n) is 12.6. The third-order valence-corrected chi connectivity index (χ3v) is 4.01. The van der Waals surface area contributed by atoms with Gasteiger partial charge < -0.3 is 10.4 Å². The van der Waals surface area contributed by atoms with E-state index in [4.69, 9.17) is 5.11 Å². The van der Waals surface area contributed by atoms with Gasteiger partial charge in [0.2, 0.25) is 0 Å². The fraction of sp³-hybridized carbons (Fsp3) is 0.500. The van der Waals surface area contributed by atoms with Crippen LogP contribution in [0.2, 0.25) is 0 Å². The Labute approximate surface area is 126 Å². The van der Waals surface area contributed by atoms with Gasteiger partial charge in [-0.15, -0.1) is 0 Å². The molecule has 21 heavy (non-hydrogen) atoms. The number of aliphatic hydroxyl groups is 1. The van der Waals surface area contributed by atoms with E-state index in [1.807, 2.05) is 25.1 Å². The first-order valence-corrected chi connectivity index (χ1v) is 7.69. The second-order valence-electron chi connectivity index (χ2n) is 5.65. The first kappa shape index (κ1) is 15.6. The normalized spacial score (nSPS) is 14.0. The summed E-state index contributed by atoms with van der Waals surface area (Å²) in [5, 5.41) is 11.7. The van der Waals surface area contributed by atoms with Crippen LogP contribution in [0.3, 0.4) is 0 Å². The minimum atomic E-state index is -0.0161. The van der Waals surface area contributed by atoms with E-state index in [0.717, 1.165) is 30.0 Å². The molecule has 0 aromatic heterocycles. The van der Waals surface area contributed by atoms with Gasteiger partial charge in [-0.1, -0.05) is 37.2 Å². The lowest BCUT2D eigenvalue weighted by Crippen LogP contribution is -2.28. The second kappa shape index (κ2) is 7.85. The molecule has 0 spiro atoms. The van der Waals surface area contributed by atoms with Crippen LogP contribution >= 0.6 is 0 Å². The third-order valence-electron chi connectivity index (χ3n) is 4.01. The van der Waals surface area contributed by atoms with Crippen LogP contribution in [0.5, 0.6) is 0 Å². The number of hydrogen-bond donors (Lipinski definition) is 2. The van der Waals surface area contributed by atoms with Crippen molar-refractivity contribution in [2.24, 2.45) is 5.92 Å². The number of amides is 1. The Bertz CT molecular complexity index is 550. The van der Waals surface area contributed by atoms with Gasteiger partial charge in [0.05, 0.1) is 6.61 Å². The molecule has 3 heteroatoms. The maximum Gasteiger partial charge on any atom is 0.251 e. The van der Waals surface area contributed by atoms with Crippen molar-refractivity contribution in [2.75, 3.05) is 13.2 Å². The van der Waals surface area contributed by atoms with Gasteiger partial charge in [-0.25, -0.2) is 0 Å². The van der Waals surface area contributed by atoms with Crippen LogP contribution in [0, 0.1) is 24.7 Å². The smallest absolute Gasteiger partial charge is 0.251 e. The Morgan fingerprint density at radius 2 is 2.24 bits per heavy atom. The second-order valence-corrected chi connectivity index (χ2v) is 5.65. The van der Waals surface area contributed by atoms with E-state index in [1.165, 1.54) is 19.3 Å². The molecule has 1 aliphatic rings. The highest BCUT2D eigenvalue weighted by Crippen LogP contribution is 2.28. The topological polar surface area (TPSA) is 49.3 Å². The van der Waals surface area contributed by atoms with Crippen LogP contribution in [0.1, 0.15) is 53.6 Å². The zero-order chi connectivity index (χ0) is 15.1. The summed E-state index contributed by atoms with van der Waals surface area (Å²) in [5.41, 5.74) is 2.47. The molecule has 1 fully saturated rings. The molecule has 0 bridgehead atoms. The maximum absolute atomic E-state index is 12.2. The first-order valence-electron chi connectivity index (χ1n) is 7.69. The van der Waals surface area contributed by atoms with E-state index < -0.39 is 0 Å². The van der Waals surface area contributed by atoms with Crippen LogP contribution in [-0.4, -0.2) is 24.2 Å². The monoisotopic (exact) mass is 285 g/mol. The highest BCUT2D eigenvalue weighted by molar-refractivity contribution is 5.96. The minimum absolute atomic E-state index is 0.0161. The molecule has 2 rings (SSSR count). The summed E-state index contributed by atoms with van der Waals surface area (Å²) in [4.78, 5) is 12.2. The van der Waals surface area contributed by atoms with Gasteiger partial charge in [0, 0.05) is 24.1 Å². The van der Waals surface area contributed by atoms with Crippen LogP contribution in [0.15, 0.2) is 18.2 Å². The Morgan fingerprint density at radius 1 is 1.43 bits per heavy atom. The number of aryl methyl sites for hydroxylation is 1. The lowest BCUT2D eigenvalue weighted by Gasteiger charge is -2.25. The summed E-state index contributed by atoms with van der Waals surface area (Å²) in [6.45, 7) is 2.75. The highest BCUT2D eigenvalue weighted by atomic mass is 16.2. The summed E-state index contributed by atoms with van der Waals surface area (Å²) < 4.78 is 0. The van der Waals surface area contributed by atoms with Crippen LogP contribution in [0.4, 0.5) is 0 Å². The lowest BCUT2D eigenvalue weighted by atomic mass is 9.83. The highest BCUT2D eigenvalue weighted by Gasteiger charge is 2.17. The van der Waals surface area contributed by atoms with Gasteiger partial charge >= 0.3 is 0 Å². The molecular weight excluding hydrogens is 262 g/mol. The van der Waals surface area contributed by atoms with Crippen molar-refractivity contribution in [3.05, 3.63) is 34.9 Å². The minimum Gasteiger partial charge on any atom is -0.395 e. The SMILES string of the molecule is Cc1ccc(C#CCCO)cc1C(=O)NCCC1CCC1. The molecule has 0 heterocycles. The summed E-state index contributed by atoms with van der Waals surface area (Å²) in [6.07, 6.45) is 5.50. The summed E-state index contributed by atoms with van der Waals surface area (Å²) in [7, 11) is 0. The van der Waals surface area contributed by atoms with Crippen molar-refractivity contribution in [2.45, 2.75) is 39.0 Å². The molecule has 1 aromatic rings. The Balaban J connectivity index is 1.94. The summed E-state index contributed by atoms with van der Waals surface area (Å²) >= 11 is 0. The molecule has 0 aliphatic heterocycles. The van der Waals surface area contributed by atoms with E-state index in [9.17, 15) is 4.79 Å². The molecule has 2 N–H and O–H groups in total. The fourth-order valence-corrected chi connectivity index (χ4v) is 2.43. The maximum atomic E-state index is 12.2. The molecule has 1 saturated carbocycles. The van der Waals surface area contributed by atoms with Crippen molar-refractivity contribution in [1.82, 2.24) is 5.32 Å². The molecule has 112 valence electrons. The predicted octanol–water partition coefficient (Wildman–Crippen LogP) is 2.65. The van der Waals surface area contributed by atoms with E-state index >= 15 is 0 Å². The molecule has 3 nitrogen and oxygen atoms in total. The number of benzene rings is 1. The Hall–Kier alpha value is -1.79. The standard InChI is InChI=1S/C18H23NO2/c1-14-8-9-16(5-2-3-12-20)13-17(14)18(21)19-11-10-15-6-4-7-15/h8-9,13,15,20H,3-4,6-7,10-12H2,1H3,(H,19,21). The van der Waals surface area contributed by atoms with Crippen molar-refractivity contribution < 1.29 is 9.90 Å². The lowest BCUT2D eigenvalue weighted by molar-refractivity contribution is 0.0948. The number of carbonyl (C=O) groups excluding carboxylic acids is 1. The van der Waals surface area contributed by atoms with Crippen LogP contribution in [-0.2, 0) is 0 Å². The number of nitrogens with one attached hydrogen (secondary N) is 1. The average Bonchev–Trinajstić information content (AvgIpc) is 2.43. The summed E-state index contributed by atoms with van der Waals surface area (Å²) in [5.74, 6) is 6.64. The first-order chi connectivity index (χ1) is 10.2.